The van der Waals surface area contributed by atoms with Crippen molar-refractivity contribution in [3.63, 3.8) is 0 Å². The van der Waals surface area contributed by atoms with Gasteiger partial charge < -0.3 is 10.0 Å². The van der Waals surface area contributed by atoms with Gasteiger partial charge in [0.05, 0.1) is 12.2 Å². The van der Waals surface area contributed by atoms with Gasteiger partial charge in [0.2, 0.25) is 0 Å². The third-order valence-corrected chi connectivity index (χ3v) is 8.95. The Bertz CT molecular complexity index is 592. The van der Waals surface area contributed by atoms with Crippen molar-refractivity contribution < 1.29 is 13.5 Å². The molecular formula is C12H26N4O3P2S. The van der Waals surface area contributed by atoms with Crippen LogP contribution in [0.5, 0.6) is 0 Å². The van der Waals surface area contributed by atoms with Crippen LogP contribution in [0, 0.1) is 0 Å². The van der Waals surface area contributed by atoms with Crippen LogP contribution < -0.4 is 0 Å². The quantitative estimate of drug-likeness (QED) is 0.696. The highest BCUT2D eigenvalue weighted by Crippen LogP contribution is 2.35. The molecule has 0 aromatic carbocycles. The molecular weight excluding hydrogens is 342 g/mol. The van der Waals surface area contributed by atoms with Gasteiger partial charge in [-0.05, 0) is 58.7 Å². The Labute approximate surface area is 136 Å². The van der Waals surface area contributed by atoms with Gasteiger partial charge in [0.1, 0.15) is 5.60 Å². The molecule has 2 atom stereocenters. The maximum absolute atomic E-state index is 12.6. The third kappa shape index (κ3) is 4.70. The maximum atomic E-state index is 12.6. The monoisotopic (exact) mass is 368 g/mol. The predicted octanol–water partition coefficient (Wildman–Crippen LogP) is 1.11. The molecule has 0 aliphatic rings. The van der Waals surface area contributed by atoms with Crippen molar-refractivity contribution in [1.82, 2.24) is 18.5 Å². The first-order chi connectivity index (χ1) is 10.0. The second kappa shape index (κ2) is 7.65. The number of rotatable bonds is 8. The van der Waals surface area contributed by atoms with E-state index in [-0.39, 0.29) is 22.5 Å². The predicted molar refractivity (Wildman–Crippen MR) is 93.5 cm³/mol. The molecule has 2 unspecified atom stereocenters. The van der Waals surface area contributed by atoms with E-state index in [2.05, 4.69) is 5.10 Å². The van der Waals surface area contributed by atoms with Crippen LogP contribution in [0.2, 0.25) is 0 Å². The number of nitrogens with zero attached hydrogens (tertiary/aromatic N) is 4. The van der Waals surface area contributed by atoms with E-state index < -0.39 is 15.6 Å². The molecule has 22 heavy (non-hydrogen) atoms. The van der Waals surface area contributed by atoms with Crippen LogP contribution in [-0.4, -0.2) is 66.0 Å². The van der Waals surface area contributed by atoms with E-state index in [0.717, 1.165) is 0 Å². The van der Waals surface area contributed by atoms with Crippen molar-refractivity contribution in [3.8, 4) is 0 Å². The second-order valence-corrected chi connectivity index (χ2v) is 10.3. The molecule has 1 aromatic heterocycles. The fourth-order valence-electron chi connectivity index (χ4n) is 1.92. The molecule has 1 aromatic rings. The van der Waals surface area contributed by atoms with Crippen LogP contribution in [0.1, 0.15) is 19.5 Å². The molecule has 0 saturated heterocycles. The Hall–Kier alpha value is -0.100. The second-order valence-electron chi connectivity index (χ2n) is 5.67. The van der Waals surface area contributed by atoms with Gasteiger partial charge in [-0.1, -0.05) is 0 Å². The van der Waals surface area contributed by atoms with Gasteiger partial charge in [-0.25, -0.2) is 8.42 Å². The molecule has 0 bridgehead atoms. The zero-order chi connectivity index (χ0) is 17.1. The largest absolute Gasteiger partial charge is 0.384 e. The molecule has 128 valence electrons. The smallest absolute Gasteiger partial charge is 0.268 e. The van der Waals surface area contributed by atoms with E-state index in [1.54, 1.807) is 18.5 Å². The Morgan fingerprint density at radius 2 is 1.86 bits per heavy atom. The summed E-state index contributed by atoms with van der Waals surface area (Å²) in [6.45, 7) is 8.15. The zero-order valence-corrected chi connectivity index (χ0v) is 16.8. The standard InChI is InChI=1S/C12H26N4O3P2S/c1-12(2,17)10-9-11(13-15(10)8-7-14(3)4)22(18,19)16(20-5)21-6/h9,17,20-21H,7-8H2,1-6H3. The lowest BCUT2D eigenvalue weighted by molar-refractivity contribution is 0.0678. The summed E-state index contributed by atoms with van der Waals surface area (Å²) in [5.41, 5.74) is -0.646. The van der Waals surface area contributed by atoms with Gasteiger partial charge >= 0.3 is 0 Å². The molecule has 1 heterocycles. The average Bonchev–Trinajstić information content (AvgIpc) is 2.82. The van der Waals surface area contributed by atoms with Gasteiger partial charge in [-0.2, -0.15) is 8.94 Å². The molecule has 7 nitrogen and oxygen atoms in total. The van der Waals surface area contributed by atoms with Gasteiger partial charge in [0.15, 0.2) is 5.03 Å². The van der Waals surface area contributed by atoms with Gasteiger partial charge in [0.25, 0.3) is 10.0 Å². The van der Waals surface area contributed by atoms with Crippen LogP contribution in [-0.2, 0) is 22.2 Å². The first kappa shape index (κ1) is 19.9. The Morgan fingerprint density at radius 3 is 2.27 bits per heavy atom. The van der Waals surface area contributed by atoms with E-state index in [9.17, 15) is 13.5 Å². The van der Waals surface area contributed by atoms with Crippen molar-refractivity contribution >= 4 is 27.5 Å². The molecule has 0 fully saturated rings. The highest BCUT2D eigenvalue weighted by Gasteiger charge is 2.30. The van der Waals surface area contributed by atoms with Crippen molar-refractivity contribution in [3.05, 3.63) is 11.8 Å². The number of hydrogen-bond acceptors (Lipinski definition) is 5. The normalized spacial score (nSPS) is 14.4. The van der Waals surface area contributed by atoms with Crippen molar-refractivity contribution in [1.29, 1.82) is 0 Å². The number of hydrogen-bond donors (Lipinski definition) is 1. The summed E-state index contributed by atoms with van der Waals surface area (Å²) in [6.07, 6.45) is 0. The Kier molecular flexibility index (Phi) is 6.93. The summed E-state index contributed by atoms with van der Waals surface area (Å²) >= 11 is 0. The average molecular weight is 368 g/mol. The van der Waals surface area contributed by atoms with Crippen LogP contribution in [0.3, 0.4) is 0 Å². The molecule has 0 amide bonds. The minimum Gasteiger partial charge on any atom is -0.384 e. The summed E-state index contributed by atoms with van der Waals surface area (Å²) in [4.78, 5) is 1.98. The molecule has 0 saturated carbocycles. The van der Waals surface area contributed by atoms with E-state index in [4.69, 9.17) is 0 Å². The molecule has 1 N–H and O–H groups in total. The Morgan fingerprint density at radius 1 is 1.32 bits per heavy atom. The molecule has 0 aliphatic heterocycles. The SMILES string of the molecule is CPN(PC)S(=O)(=O)c1cc(C(C)(C)O)n(CCN(C)C)n1. The lowest BCUT2D eigenvalue weighted by atomic mass is 10.1. The van der Waals surface area contributed by atoms with Crippen molar-refractivity contribution in [2.75, 3.05) is 34.0 Å². The summed E-state index contributed by atoms with van der Waals surface area (Å²) in [6, 6.07) is 1.48. The fourth-order valence-corrected chi connectivity index (χ4v) is 5.95. The van der Waals surface area contributed by atoms with Crippen LogP contribution in [0.4, 0.5) is 0 Å². The number of likely N-dealkylation sites (N-methyl/N-ethyl adjacent to an activating group) is 1. The van der Waals surface area contributed by atoms with Crippen LogP contribution in [0.25, 0.3) is 0 Å². The first-order valence-electron chi connectivity index (χ1n) is 6.89. The molecule has 1 rings (SSSR count). The first-order valence-corrected chi connectivity index (χ1v) is 11.2. The van der Waals surface area contributed by atoms with Crippen LogP contribution in [0.15, 0.2) is 11.1 Å². The van der Waals surface area contributed by atoms with Gasteiger partial charge in [0, 0.05) is 12.6 Å². The topological polar surface area (TPSA) is 78.7 Å². The highest BCUT2D eigenvalue weighted by atomic mass is 32.2. The minimum atomic E-state index is -3.60. The van der Waals surface area contributed by atoms with E-state index in [1.165, 1.54) is 9.91 Å². The van der Waals surface area contributed by atoms with E-state index in [0.29, 0.717) is 18.8 Å². The van der Waals surface area contributed by atoms with E-state index >= 15 is 0 Å². The van der Waals surface area contributed by atoms with Crippen LogP contribution >= 0.6 is 17.5 Å². The lowest BCUT2D eigenvalue weighted by Crippen LogP contribution is -2.25. The van der Waals surface area contributed by atoms with E-state index in [1.807, 2.05) is 32.3 Å². The molecule has 10 heteroatoms. The summed E-state index contributed by atoms with van der Waals surface area (Å²) < 4.78 is 28.2. The fraction of sp³-hybridized carbons (Fsp3) is 0.750. The number of aliphatic hydroxyl groups is 1. The summed E-state index contributed by atoms with van der Waals surface area (Å²) in [5.74, 6) is 0. The maximum Gasteiger partial charge on any atom is 0.268 e. The summed E-state index contributed by atoms with van der Waals surface area (Å²) in [7, 11) is 0.573. The van der Waals surface area contributed by atoms with Gasteiger partial charge in [-0.3, -0.25) is 4.68 Å². The number of aromatic nitrogens is 2. The van der Waals surface area contributed by atoms with Crippen molar-refractivity contribution in [2.45, 2.75) is 31.0 Å². The zero-order valence-electron chi connectivity index (χ0n) is 14.0. The van der Waals surface area contributed by atoms with Crippen molar-refractivity contribution in [2.24, 2.45) is 0 Å². The highest BCUT2D eigenvalue weighted by molar-refractivity contribution is 7.97. The number of sulfonamides is 1. The summed E-state index contributed by atoms with van der Waals surface area (Å²) in [5, 5.41) is 14.5. The molecule has 0 aliphatic carbocycles. The third-order valence-electron chi connectivity index (χ3n) is 3.05. The minimum absolute atomic E-state index is 0.00656. The Balaban J connectivity index is 3.29. The van der Waals surface area contributed by atoms with Gasteiger partial charge in [-0.15, -0.1) is 0 Å². The molecule has 0 spiro atoms. The lowest BCUT2D eigenvalue weighted by Gasteiger charge is -2.19. The molecule has 0 radical (unpaired) electrons.